The topological polar surface area (TPSA) is 17.3 Å². The lowest BCUT2D eigenvalue weighted by Gasteiger charge is -2.06. The lowest BCUT2D eigenvalue weighted by molar-refractivity contribution is 0.585. The number of rotatable bonds is 4. The molecule has 5 heteroatoms. The van der Waals surface area contributed by atoms with E-state index in [0.717, 1.165) is 28.1 Å². The van der Waals surface area contributed by atoms with Gasteiger partial charge in [0.1, 0.15) is 11.6 Å². The molecule has 0 amide bonds. The van der Waals surface area contributed by atoms with E-state index < -0.39 is 11.6 Å². The first-order valence-electron chi connectivity index (χ1n) is 8.41. The van der Waals surface area contributed by atoms with Gasteiger partial charge in [-0.05, 0) is 53.6 Å². The zero-order valence-electron chi connectivity index (χ0n) is 14.2. The highest BCUT2D eigenvalue weighted by atomic mass is 19.1. The van der Waals surface area contributed by atoms with Crippen molar-refractivity contribution >= 4 is 22.8 Å². The van der Waals surface area contributed by atoms with Crippen LogP contribution in [0.1, 0.15) is 11.1 Å². The average molecular weight is 364 g/mol. The number of aromatic nitrogens is 1. The van der Waals surface area contributed by atoms with Crippen LogP contribution < -0.4 is 0 Å². The van der Waals surface area contributed by atoms with Crippen LogP contribution in [-0.4, -0.2) is 10.8 Å². The van der Waals surface area contributed by atoms with Crippen LogP contribution in [0.25, 0.3) is 10.9 Å². The van der Waals surface area contributed by atoms with E-state index in [-0.39, 0.29) is 11.5 Å². The Morgan fingerprint density at radius 2 is 1.70 bits per heavy atom. The van der Waals surface area contributed by atoms with E-state index in [1.165, 1.54) is 24.3 Å². The van der Waals surface area contributed by atoms with E-state index in [9.17, 15) is 13.2 Å². The van der Waals surface area contributed by atoms with Gasteiger partial charge in [-0.3, -0.25) is 4.99 Å². The van der Waals surface area contributed by atoms with Crippen LogP contribution in [-0.2, 0) is 6.54 Å². The van der Waals surface area contributed by atoms with Crippen LogP contribution in [0, 0.1) is 17.5 Å². The van der Waals surface area contributed by atoms with Crippen LogP contribution in [0.4, 0.5) is 18.9 Å². The maximum atomic E-state index is 13.7. The number of benzene rings is 3. The number of aliphatic imine (C=N–C) groups is 1. The molecule has 0 aliphatic rings. The molecule has 134 valence electrons. The molecule has 27 heavy (non-hydrogen) atoms. The van der Waals surface area contributed by atoms with Crippen molar-refractivity contribution < 1.29 is 13.2 Å². The Bertz CT molecular complexity index is 1150. The summed E-state index contributed by atoms with van der Waals surface area (Å²) in [7, 11) is 0. The van der Waals surface area contributed by atoms with Gasteiger partial charge >= 0.3 is 0 Å². The molecule has 0 atom stereocenters. The molecule has 0 unspecified atom stereocenters. The van der Waals surface area contributed by atoms with E-state index in [2.05, 4.69) is 4.99 Å². The molecule has 0 N–H and O–H groups in total. The maximum Gasteiger partial charge on any atom is 0.151 e. The Balaban J connectivity index is 1.59. The van der Waals surface area contributed by atoms with Gasteiger partial charge < -0.3 is 4.57 Å². The summed E-state index contributed by atoms with van der Waals surface area (Å²) in [6.07, 6.45) is 3.48. The van der Waals surface area contributed by atoms with Crippen LogP contribution in [0.3, 0.4) is 0 Å². The summed E-state index contributed by atoms with van der Waals surface area (Å²) in [5.41, 5.74) is 2.77. The lowest BCUT2D eigenvalue weighted by Crippen LogP contribution is -1.98. The molecule has 0 fully saturated rings. The summed E-state index contributed by atoms with van der Waals surface area (Å²) in [5, 5.41) is 0.995. The largest absolute Gasteiger partial charge is 0.343 e. The van der Waals surface area contributed by atoms with Gasteiger partial charge in [0.2, 0.25) is 0 Å². The van der Waals surface area contributed by atoms with Crippen molar-refractivity contribution in [3.8, 4) is 0 Å². The zero-order chi connectivity index (χ0) is 18.8. The molecule has 0 aliphatic heterocycles. The van der Waals surface area contributed by atoms with E-state index in [0.29, 0.717) is 6.54 Å². The molecule has 0 aliphatic carbocycles. The maximum absolute atomic E-state index is 13.7. The summed E-state index contributed by atoms with van der Waals surface area (Å²) in [5.74, 6) is -1.59. The summed E-state index contributed by atoms with van der Waals surface area (Å²) in [4.78, 5) is 4.09. The molecular weight excluding hydrogens is 349 g/mol. The molecule has 1 aromatic heterocycles. The molecule has 2 nitrogen and oxygen atoms in total. The van der Waals surface area contributed by atoms with Crippen molar-refractivity contribution in [2.75, 3.05) is 0 Å². The van der Waals surface area contributed by atoms with Gasteiger partial charge in [0.15, 0.2) is 5.82 Å². The first-order chi connectivity index (χ1) is 13.1. The molecule has 0 saturated carbocycles. The minimum absolute atomic E-state index is 0.0835. The van der Waals surface area contributed by atoms with Gasteiger partial charge in [-0.25, -0.2) is 13.2 Å². The number of halogens is 3. The SMILES string of the molecule is Fc1cccc(Cn2ccc3cc(C=Nc4ccc(F)cc4F)ccc32)c1. The van der Waals surface area contributed by atoms with Crippen molar-refractivity contribution in [1.29, 1.82) is 0 Å². The molecule has 0 bridgehead atoms. The fourth-order valence-electron chi connectivity index (χ4n) is 3.00. The summed E-state index contributed by atoms with van der Waals surface area (Å²) in [6, 6.07) is 17.5. The zero-order valence-corrected chi connectivity index (χ0v) is 14.2. The van der Waals surface area contributed by atoms with Gasteiger partial charge in [0.05, 0.1) is 5.69 Å². The molecule has 0 spiro atoms. The minimum Gasteiger partial charge on any atom is -0.343 e. The number of hydrogen-bond acceptors (Lipinski definition) is 1. The van der Waals surface area contributed by atoms with Gasteiger partial charge in [0.25, 0.3) is 0 Å². The Morgan fingerprint density at radius 1 is 0.852 bits per heavy atom. The summed E-state index contributed by atoms with van der Waals surface area (Å²) >= 11 is 0. The molecular formula is C22H15F3N2. The van der Waals surface area contributed by atoms with Gasteiger partial charge in [-0.15, -0.1) is 0 Å². The third kappa shape index (κ3) is 3.77. The predicted octanol–water partition coefficient (Wildman–Crippen LogP) is 5.86. The number of hydrogen-bond donors (Lipinski definition) is 0. The Morgan fingerprint density at radius 3 is 2.52 bits per heavy atom. The number of nitrogens with zero attached hydrogens (tertiary/aromatic N) is 2. The summed E-state index contributed by atoms with van der Waals surface area (Å²) < 4.78 is 42.0. The first kappa shape index (κ1) is 17.1. The third-order valence-electron chi connectivity index (χ3n) is 4.30. The second-order valence-corrected chi connectivity index (χ2v) is 6.25. The molecule has 0 radical (unpaired) electrons. The fourth-order valence-corrected chi connectivity index (χ4v) is 3.00. The van der Waals surface area contributed by atoms with Crippen LogP contribution in [0.2, 0.25) is 0 Å². The smallest absolute Gasteiger partial charge is 0.151 e. The lowest BCUT2D eigenvalue weighted by atomic mass is 10.1. The van der Waals surface area contributed by atoms with Gasteiger partial charge in [-0.1, -0.05) is 18.2 Å². The Hall–Kier alpha value is -3.34. The van der Waals surface area contributed by atoms with E-state index in [1.54, 1.807) is 12.3 Å². The number of fused-ring (bicyclic) bond motifs is 1. The Labute approximate surface area is 154 Å². The van der Waals surface area contributed by atoms with Crippen molar-refractivity contribution in [2.45, 2.75) is 6.54 Å². The van der Waals surface area contributed by atoms with E-state index in [1.807, 2.05) is 41.1 Å². The summed E-state index contributed by atoms with van der Waals surface area (Å²) in [6.45, 7) is 0.565. The second-order valence-electron chi connectivity index (χ2n) is 6.25. The average Bonchev–Trinajstić information content (AvgIpc) is 3.03. The highest BCUT2D eigenvalue weighted by molar-refractivity contribution is 5.90. The van der Waals surface area contributed by atoms with Crippen LogP contribution in [0.15, 0.2) is 77.9 Å². The molecule has 3 aromatic carbocycles. The molecule has 1 heterocycles. The van der Waals surface area contributed by atoms with E-state index >= 15 is 0 Å². The molecule has 4 aromatic rings. The standard InChI is InChI=1S/C22H15F3N2/c23-18-3-1-2-16(11-18)14-27-9-8-17-10-15(4-7-22(17)27)13-26-21-6-5-19(24)12-20(21)25/h1-13H,14H2. The molecule has 0 saturated heterocycles. The first-order valence-corrected chi connectivity index (χ1v) is 8.41. The molecule has 4 rings (SSSR count). The van der Waals surface area contributed by atoms with E-state index in [4.69, 9.17) is 0 Å². The van der Waals surface area contributed by atoms with Crippen molar-refractivity contribution in [3.05, 3.63) is 102 Å². The quantitative estimate of drug-likeness (QED) is 0.404. The van der Waals surface area contributed by atoms with Crippen LogP contribution >= 0.6 is 0 Å². The monoisotopic (exact) mass is 364 g/mol. The third-order valence-corrected chi connectivity index (χ3v) is 4.30. The second kappa shape index (κ2) is 7.11. The van der Waals surface area contributed by atoms with Crippen molar-refractivity contribution in [3.63, 3.8) is 0 Å². The normalized spacial score (nSPS) is 11.5. The highest BCUT2D eigenvalue weighted by Gasteiger charge is 2.05. The highest BCUT2D eigenvalue weighted by Crippen LogP contribution is 2.21. The Kier molecular flexibility index (Phi) is 4.50. The fraction of sp³-hybridized carbons (Fsp3) is 0.0455. The van der Waals surface area contributed by atoms with Crippen molar-refractivity contribution in [2.24, 2.45) is 4.99 Å². The minimum atomic E-state index is -0.700. The van der Waals surface area contributed by atoms with Crippen molar-refractivity contribution in [1.82, 2.24) is 4.57 Å². The van der Waals surface area contributed by atoms with Crippen LogP contribution in [0.5, 0.6) is 0 Å². The van der Waals surface area contributed by atoms with Gasteiger partial charge in [0, 0.05) is 35.9 Å². The predicted molar refractivity (Wildman–Crippen MR) is 101 cm³/mol. The van der Waals surface area contributed by atoms with Gasteiger partial charge in [-0.2, -0.15) is 0 Å².